The molecule has 2 rings (SSSR count). The molecule has 0 radical (unpaired) electrons. The van der Waals surface area contributed by atoms with Crippen LogP contribution in [0.3, 0.4) is 0 Å². The zero-order valence-corrected chi connectivity index (χ0v) is 10.9. The van der Waals surface area contributed by atoms with Gasteiger partial charge in [-0.25, -0.2) is 4.98 Å². The minimum atomic E-state index is -0.679. The Labute approximate surface area is 105 Å². The second-order valence-corrected chi connectivity index (χ2v) is 5.67. The van der Waals surface area contributed by atoms with E-state index in [-0.39, 0.29) is 0 Å². The van der Waals surface area contributed by atoms with E-state index in [2.05, 4.69) is 15.3 Å². The van der Waals surface area contributed by atoms with Crippen LogP contribution in [0.4, 0.5) is 0 Å². The SMILES string of the molecule is Cc1csc(CN2CCCC(CC(=O)O)C2)n1. The van der Waals surface area contributed by atoms with Crippen LogP contribution in [0.25, 0.3) is 0 Å². The Morgan fingerprint density at radius 2 is 2.53 bits per heavy atom. The number of likely N-dealkylation sites (tertiary alicyclic amines) is 1. The first-order valence-electron chi connectivity index (χ1n) is 5.98. The van der Waals surface area contributed by atoms with Crippen molar-refractivity contribution in [2.24, 2.45) is 5.92 Å². The van der Waals surface area contributed by atoms with Crippen LogP contribution in [0.15, 0.2) is 5.38 Å². The number of piperidine rings is 1. The highest BCUT2D eigenvalue weighted by Crippen LogP contribution is 2.22. The molecule has 1 fully saturated rings. The largest absolute Gasteiger partial charge is 0.481 e. The van der Waals surface area contributed by atoms with Crippen LogP contribution in [-0.2, 0) is 11.3 Å². The van der Waals surface area contributed by atoms with Crippen molar-refractivity contribution in [3.63, 3.8) is 0 Å². The minimum absolute atomic E-state index is 0.299. The highest BCUT2D eigenvalue weighted by atomic mass is 32.1. The van der Waals surface area contributed by atoms with Crippen molar-refractivity contribution in [3.8, 4) is 0 Å². The summed E-state index contributed by atoms with van der Waals surface area (Å²) in [6.45, 7) is 4.83. The molecule has 4 nitrogen and oxygen atoms in total. The molecule has 17 heavy (non-hydrogen) atoms. The van der Waals surface area contributed by atoms with Crippen molar-refractivity contribution in [2.75, 3.05) is 13.1 Å². The van der Waals surface area contributed by atoms with Crippen molar-refractivity contribution in [1.29, 1.82) is 0 Å². The van der Waals surface area contributed by atoms with Crippen LogP contribution < -0.4 is 0 Å². The number of nitrogens with zero attached hydrogens (tertiary/aromatic N) is 2. The number of carboxylic acid groups (broad SMARTS) is 1. The van der Waals surface area contributed by atoms with Crippen molar-refractivity contribution in [2.45, 2.75) is 32.7 Å². The number of carboxylic acids is 1. The van der Waals surface area contributed by atoms with E-state index >= 15 is 0 Å². The lowest BCUT2D eigenvalue weighted by molar-refractivity contribution is -0.138. The van der Waals surface area contributed by atoms with Crippen LogP contribution in [0.2, 0.25) is 0 Å². The molecule has 1 unspecified atom stereocenters. The quantitative estimate of drug-likeness (QED) is 0.894. The number of thiazole rings is 1. The van der Waals surface area contributed by atoms with Gasteiger partial charge >= 0.3 is 5.97 Å². The Morgan fingerprint density at radius 3 is 3.18 bits per heavy atom. The van der Waals surface area contributed by atoms with Gasteiger partial charge in [-0.05, 0) is 32.2 Å². The van der Waals surface area contributed by atoms with Gasteiger partial charge in [-0.15, -0.1) is 11.3 Å². The first-order valence-corrected chi connectivity index (χ1v) is 6.86. The van der Waals surface area contributed by atoms with Crippen LogP contribution in [-0.4, -0.2) is 34.0 Å². The third-order valence-electron chi connectivity index (χ3n) is 3.09. The van der Waals surface area contributed by atoms with E-state index in [1.165, 1.54) is 0 Å². The Hall–Kier alpha value is -0.940. The van der Waals surface area contributed by atoms with E-state index in [9.17, 15) is 4.79 Å². The number of carbonyl (C=O) groups is 1. The predicted molar refractivity (Wildman–Crippen MR) is 67.1 cm³/mol. The highest BCUT2D eigenvalue weighted by molar-refractivity contribution is 7.09. The van der Waals surface area contributed by atoms with Gasteiger partial charge in [0.15, 0.2) is 0 Å². The summed E-state index contributed by atoms with van der Waals surface area (Å²) < 4.78 is 0. The fourth-order valence-corrected chi connectivity index (χ4v) is 3.19. The lowest BCUT2D eigenvalue weighted by atomic mass is 9.95. The van der Waals surface area contributed by atoms with Gasteiger partial charge in [0.05, 0.1) is 6.54 Å². The predicted octanol–water partition coefficient (Wildman–Crippen LogP) is 2.14. The molecule has 1 atom stereocenters. The molecule has 0 amide bonds. The molecule has 0 aromatic carbocycles. The van der Waals surface area contributed by atoms with Gasteiger partial charge in [-0.3, -0.25) is 9.69 Å². The number of rotatable bonds is 4. The van der Waals surface area contributed by atoms with Crippen molar-refractivity contribution in [1.82, 2.24) is 9.88 Å². The molecule has 94 valence electrons. The second kappa shape index (κ2) is 5.60. The topological polar surface area (TPSA) is 53.4 Å². The summed E-state index contributed by atoms with van der Waals surface area (Å²) in [6, 6.07) is 0. The van der Waals surface area contributed by atoms with Crippen LogP contribution >= 0.6 is 11.3 Å². The standard InChI is InChI=1S/C12H18N2O2S/c1-9-8-17-11(13-9)7-14-4-2-3-10(6-14)5-12(15)16/h8,10H,2-7H2,1H3,(H,15,16). The molecule has 2 heterocycles. The molecule has 5 heteroatoms. The molecule has 1 aromatic heterocycles. The Bertz CT molecular complexity index is 392. The van der Waals surface area contributed by atoms with Gasteiger partial charge in [-0.2, -0.15) is 0 Å². The van der Waals surface area contributed by atoms with Crippen molar-refractivity contribution >= 4 is 17.3 Å². The maximum Gasteiger partial charge on any atom is 0.303 e. The first kappa shape index (κ1) is 12.5. The van der Waals surface area contributed by atoms with Crippen molar-refractivity contribution in [3.05, 3.63) is 16.1 Å². The van der Waals surface area contributed by atoms with E-state index < -0.39 is 5.97 Å². The van der Waals surface area contributed by atoms with Gasteiger partial charge in [-0.1, -0.05) is 0 Å². The van der Waals surface area contributed by atoms with E-state index in [0.29, 0.717) is 12.3 Å². The first-order chi connectivity index (χ1) is 8.13. The number of hydrogen-bond acceptors (Lipinski definition) is 4. The lowest BCUT2D eigenvalue weighted by Crippen LogP contribution is -2.35. The molecular formula is C12H18N2O2S. The molecule has 1 N–H and O–H groups in total. The fourth-order valence-electron chi connectivity index (χ4n) is 2.38. The average molecular weight is 254 g/mol. The molecule has 1 aliphatic heterocycles. The summed E-state index contributed by atoms with van der Waals surface area (Å²) in [4.78, 5) is 17.5. The fraction of sp³-hybridized carbons (Fsp3) is 0.667. The summed E-state index contributed by atoms with van der Waals surface area (Å²) in [5.74, 6) is -0.371. The molecule has 0 spiro atoms. The zero-order valence-electron chi connectivity index (χ0n) is 10.1. The Morgan fingerprint density at radius 1 is 1.71 bits per heavy atom. The monoisotopic (exact) mass is 254 g/mol. The molecular weight excluding hydrogens is 236 g/mol. The summed E-state index contributed by atoms with van der Waals surface area (Å²) in [5, 5.41) is 12.0. The number of aryl methyl sites for hydroxylation is 1. The van der Waals surface area contributed by atoms with Crippen LogP contribution in [0.1, 0.15) is 30.0 Å². The third kappa shape index (κ3) is 3.78. The van der Waals surface area contributed by atoms with E-state index in [1.54, 1.807) is 11.3 Å². The maximum absolute atomic E-state index is 10.7. The van der Waals surface area contributed by atoms with Crippen LogP contribution in [0.5, 0.6) is 0 Å². The number of aliphatic carboxylic acids is 1. The van der Waals surface area contributed by atoms with Gasteiger partial charge in [0.1, 0.15) is 5.01 Å². The van der Waals surface area contributed by atoms with Gasteiger partial charge in [0.2, 0.25) is 0 Å². The van der Waals surface area contributed by atoms with Gasteiger partial charge < -0.3 is 5.11 Å². The second-order valence-electron chi connectivity index (χ2n) is 4.72. The number of hydrogen-bond donors (Lipinski definition) is 1. The summed E-state index contributed by atoms with van der Waals surface area (Å²) in [7, 11) is 0. The molecule has 0 aliphatic carbocycles. The van der Waals surface area contributed by atoms with Crippen molar-refractivity contribution < 1.29 is 9.90 Å². The highest BCUT2D eigenvalue weighted by Gasteiger charge is 2.22. The average Bonchev–Trinajstić information content (AvgIpc) is 2.63. The maximum atomic E-state index is 10.7. The summed E-state index contributed by atoms with van der Waals surface area (Å²) in [6.07, 6.45) is 2.44. The molecule has 1 aromatic rings. The van der Waals surface area contributed by atoms with E-state index in [1.807, 2.05) is 6.92 Å². The molecule has 1 aliphatic rings. The molecule has 0 bridgehead atoms. The lowest BCUT2D eigenvalue weighted by Gasteiger charge is -2.31. The van der Waals surface area contributed by atoms with Crippen LogP contribution in [0, 0.1) is 12.8 Å². The van der Waals surface area contributed by atoms with E-state index in [4.69, 9.17) is 5.11 Å². The number of aromatic nitrogens is 1. The normalized spacial score (nSPS) is 21.6. The Kier molecular flexibility index (Phi) is 4.12. The zero-order chi connectivity index (χ0) is 12.3. The smallest absolute Gasteiger partial charge is 0.303 e. The van der Waals surface area contributed by atoms with E-state index in [0.717, 1.165) is 43.2 Å². The third-order valence-corrected chi connectivity index (χ3v) is 4.04. The Balaban J connectivity index is 1.87. The summed E-state index contributed by atoms with van der Waals surface area (Å²) in [5.41, 5.74) is 1.07. The van der Waals surface area contributed by atoms with Gasteiger partial charge in [0.25, 0.3) is 0 Å². The van der Waals surface area contributed by atoms with Gasteiger partial charge in [0, 0.05) is 24.0 Å². The molecule has 0 saturated carbocycles. The minimum Gasteiger partial charge on any atom is -0.481 e. The summed E-state index contributed by atoms with van der Waals surface area (Å²) >= 11 is 1.69. The molecule has 1 saturated heterocycles.